The lowest BCUT2D eigenvalue weighted by Crippen LogP contribution is -2.50. The van der Waals surface area contributed by atoms with Crippen LogP contribution in [0, 0.1) is 5.41 Å². The van der Waals surface area contributed by atoms with Gasteiger partial charge in [-0.3, -0.25) is 0 Å². The number of nitrogens with zero attached hydrogens (tertiary/aromatic N) is 1. The number of rotatable bonds is 4. The Labute approximate surface area is 95.9 Å². The lowest BCUT2D eigenvalue weighted by Gasteiger charge is -2.48. The molecule has 0 radical (unpaired) electrons. The van der Waals surface area contributed by atoms with Crippen LogP contribution in [0.1, 0.15) is 48.5 Å². The fourth-order valence-electron chi connectivity index (χ4n) is 1.75. The van der Waals surface area contributed by atoms with Crippen molar-refractivity contribution >= 4 is 0 Å². The Hall–Kier alpha value is -0.720. The van der Waals surface area contributed by atoms with E-state index in [-0.39, 0.29) is 11.0 Å². The predicted octanol–water partition coefficient (Wildman–Crippen LogP) is 4.22. The Morgan fingerprint density at radius 3 is 1.73 bits per heavy atom. The van der Waals surface area contributed by atoms with Gasteiger partial charge in [-0.1, -0.05) is 31.6 Å². The summed E-state index contributed by atoms with van der Waals surface area (Å²) in [5.74, 6) is 0. The molecule has 0 rings (SSSR count). The highest BCUT2D eigenvalue weighted by Gasteiger charge is 2.40. The van der Waals surface area contributed by atoms with Gasteiger partial charge < -0.3 is 4.90 Å². The summed E-state index contributed by atoms with van der Waals surface area (Å²) in [4.78, 5) is 2.19. The Morgan fingerprint density at radius 2 is 1.47 bits per heavy atom. The summed E-state index contributed by atoms with van der Waals surface area (Å²) in [7, 11) is 2.09. The molecule has 0 saturated carbocycles. The first-order chi connectivity index (χ1) is 6.59. The Kier molecular flexibility index (Phi) is 4.21. The lowest BCUT2D eigenvalue weighted by molar-refractivity contribution is 0.0951. The number of hydrogen-bond donors (Lipinski definition) is 0. The van der Waals surface area contributed by atoms with Crippen LogP contribution < -0.4 is 0 Å². The van der Waals surface area contributed by atoms with Crippen LogP contribution in [0.25, 0.3) is 0 Å². The third kappa shape index (κ3) is 2.45. The minimum absolute atomic E-state index is 0.0656. The molecule has 0 amide bonds. The van der Waals surface area contributed by atoms with Crippen LogP contribution in [-0.2, 0) is 0 Å². The van der Waals surface area contributed by atoms with Gasteiger partial charge in [0.15, 0.2) is 0 Å². The fraction of sp³-hybridized carbons (Fsp3) is 0.714. The van der Waals surface area contributed by atoms with Crippen molar-refractivity contribution in [3.8, 4) is 0 Å². The molecule has 88 valence electrons. The monoisotopic (exact) mass is 209 g/mol. The fourth-order valence-corrected chi connectivity index (χ4v) is 1.75. The molecule has 0 heterocycles. The highest BCUT2D eigenvalue weighted by molar-refractivity contribution is 5.21. The summed E-state index contributed by atoms with van der Waals surface area (Å²) in [6.45, 7) is 19.6. The van der Waals surface area contributed by atoms with Crippen LogP contribution in [-0.4, -0.2) is 17.5 Å². The molecular formula is C14H27N. The molecule has 0 saturated heterocycles. The van der Waals surface area contributed by atoms with Gasteiger partial charge in [-0.15, -0.1) is 0 Å². The SMILES string of the molecule is C=CN(C)C(C)(C)C(C)(C)C(C)=C(C)C. The third-order valence-electron chi connectivity index (χ3n) is 4.37. The average Bonchev–Trinajstić information content (AvgIpc) is 2.14. The zero-order chi connectivity index (χ0) is 12.4. The van der Waals surface area contributed by atoms with Crippen molar-refractivity contribution in [2.75, 3.05) is 7.05 Å². The normalized spacial score (nSPS) is 12.3. The summed E-state index contributed by atoms with van der Waals surface area (Å²) in [6.07, 6.45) is 1.90. The minimum atomic E-state index is 0.0656. The molecule has 1 heteroatoms. The molecule has 15 heavy (non-hydrogen) atoms. The van der Waals surface area contributed by atoms with Crippen molar-refractivity contribution in [2.24, 2.45) is 5.41 Å². The topological polar surface area (TPSA) is 3.24 Å². The van der Waals surface area contributed by atoms with Crippen molar-refractivity contribution in [2.45, 2.75) is 54.0 Å². The maximum Gasteiger partial charge on any atom is 0.0424 e. The molecule has 0 spiro atoms. The molecule has 0 aliphatic rings. The zero-order valence-corrected chi connectivity index (χ0v) is 11.7. The van der Waals surface area contributed by atoms with Crippen molar-refractivity contribution < 1.29 is 0 Å². The highest BCUT2D eigenvalue weighted by atomic mass is 15.2. The quantitative estimate of drug-likeness (QED) is 0.627. The molecule has 1 nitrogen and oxygen atoms in total. The molecule has 0 aromatic heterocycles. The highest BCUT2D eigenvalue weighted by Crippen LogP contribution is 2.42. The van der Waals surface area contributed by atoms with E-state index in [4.69, 9.17) is 0 Å². The van der Waals surface area contributed by atoms with Crippen molar-refractivity contribution in [1.29, 1.82) is 0 Å². The summed E-state index contributed by atoms with van der Waals surface area (Å²) < 4.78 is 0. The maximum atomic E-state index is 3.85. The van der Waals surface area contributed by atoms with Crippen molar-refractivity contribution in [1.82, 2.24) is 4.90 Å². The van der Waals surface area contributed by atoms with E-state index in [0.717, 1.165) is 0 Å². The summed E-state index contributed by atoms with van der Waals surface area (Å²) in [6, 6.07) is 0. The predicted molar refractivity (Wildman–Crippen MR) is 69.9 cm³/mol. The molecule has 0 atom stereocenters. The van der Waals surface area contributed by atoms with E-state index in [0.29, 0.717) is 0 Å². The first-order valence-electron chi connectivity index (χ1n) is 5.59. The molecule has 0 aliphatic carbocycles. The second-order valence-corrected chi connectivity index (χ2v) is 5.60. The third-order valence-corrected chi connectivity index (χ3v) is 4.37. The van der Waals surface area contributed by atoms with Gasteiger partial charge in [0.05, 0.1) is 0 Å². The van der Waals surface area contributed by atoms with Gasteiger partial charge in [-0.2, -0.15) is 0 Å². The first-order valence-corrected chi connectivity index (χ1v) is 5.59. The van der Waals surface area contributed by atoms with Gasteiger partial charge in [-0.25, -0.2) is 0 Å². The number of allylic oxidation sites excluding steroid dienone is 1. The largest absolute Gasteiger partial charge is 0.375 e. The average molecular weight is 209 g/mol. The number of hydrogen-bond acceptors (Lipinski definition) is 1. The second-order valence-electron chi connectivity index (χ2n) is 5.60. The van der Waals surface area contributed by atoms with Gasteiger partial charge in [0.2, 0.25) is 0 Å². The van der Waals surface area contributed by atoms with Gasteiger partial charge >= 0.3 is 0 Å². The maximum absolute atomic E-state index is 3.85. The summed E-state index contributed by atoms with van der Waals surface area (Å²) in [5.41, 5.74) is 3.07. The zero-order valence-electron chi connectivity index (χ0n) is 11.7. The summed E-state index contributed by atoms with van der Waals surface area (Å²) in [5, 5.41) is 0. The van der Waals surface area contributed by atoms with Crippen molar-refractivity contribution in [3.05, 3.63) is 23.9 Å². The van der Waals surface area contributed by atoms with E-state index in [1.807, 2.05) is 6.20 Å². The van der Waals surface area contributed by atoms with E-state index < -0.39 is 0 Å². The minimum Gasteiger partial charge on any atom is -0.375 e. The molecule has 0 fully saturated rings. The van der Waals surface area contributed by atoms with Crippen LogP contribution in [0.15, 0.2) is 23.9 Å². The molecule has 0 N–H and O–H groups in total. The van der Waals surface area contributed by atoms with Crippen molar-refractivity contribution in [3.63, 3.8) is 0 Å². The van der Waals surface area contributed by atoms with E-state index in [2.05, 4.69) is 67.0 Å². The Bertz CT molecular complexity index is 265. The molecule has 0 bridgehead atoms. The molecule has 0 unspecified atom stereocenters. The molecule has 0 aromatic rings. The van der Waals surface area contributed by atoms with Gasteiger partial charge in [-0.05, 0) is 40.8 Å². The second kappa shape index (κ2) is 4.42. The van der Waals surface area contributed by atoms with E-state index in [1.165, 1.54) is 11.1 Å². The standard InChI is InChI=1S/C14H27N/c1-10-15(9)14(7,8)13(5,6)12(4)11(2)3/h10H,1H2,2-9H3. The van der Waals surface area contributed by atoms with Crippen LogP contribution in [0.4, 0.5) is 0 Å². The molecule has 0 aliphatic heterocycles. The first kappa shape index (κ1) is 14.3. The molecule has 0 aromatic carbocycles. The van der Waals surface area contributed by atoms with Gasteiger partial charge in [0, 0.05) is 18.0 Å². The Morgan fingerprint density at radius 1 is 1.07 bits per heavy atom. The van der Waals surface area contributed by atoms with Gasteiger partial charge in [0.25, 0.3) is 0 Å². The molecular weight excluding hydrogens is 182 g/mol. The van der Waals surface area contributed by atoms with Crippen LogP contribution in [0.3, 0.4) is 0 Å². The van der Waals surface area contributed by atoms with Gasteiger partial charge in [0.1, 0.15) is 0 Å². The van der Waals surface area contributed by atoms with E-state index in [1.54, 1.807) is 0 Å². The van der Waals surface area contributed by atoms with Crippen LogP contribution in [0.5, 0.6) is 0 Å². The summed E-state index contributed by atoms with van der Waals surface area (Å²) >= 11 is 0. The lowest BCUT2D eigenvalue weighted by atomic mass is 9.68. The van der Waals surface area contributed by atoms with E-state index in [9.17, 15) is 0 Å². The smallest absolute Gasteiger partial charge is 0.0424 e. The Balaban J connectivity index is 5.37. The van der Waals surface area contributed by atoms with Crippen LogP contribution >= 0.6 is 0 Å². The van der Waals surface area contributed by atoms with E-state index >= 15 is 0 Å². The van der Waals surface area contributed by atoms with Crippen LogP contribution in [0.2, 0.25) is 0 Å².